The molecule has 36 heavy (non-hydrogen) atoms. The number of alkyl halides is 3. The Labute approximate surface area is 201 Å². The first-order valence-electron chi connectivity index (χ1n) is 10.6. The SMILES string of the molecule is COc1c([C@H]2CC(=O)Nc3c(C(=O)O)cn(-c4cccc(C(F)(F)F)c4)c32)cc2c(c1OC)OCO2. The summed E-state index contributed by atoms with van der Waals surface area (Å²) in [5.41, 5.74) is -0.435. The number of methoxy groups -OCH3 is 2. The van der Waals surface area contributed by atoms with Gasteiger partial charge in [-0.3, -0.25) is 4.79 Å². The number of carboxylic acid groups (broad SMARTS) is 1. The Kier molecular flexibility index (Phi) is 5.46. The van der Waals surface area contributed by atoms with E-state index in [-0.39, 0.29) is 47.3 Å². The smallest absolute Gasteiger partial charge is 0.416 e. The third-order valence-corrected chi connectivity index (χ3v) is 6.10. The summed E-state index contributed by atoms with van der Waals surface area (Å²) in [6.45, 7) is -0.0710. The van der Waals surface area contributed by atoms with Crippen LogP contribution in [0.25, 0.3) is 5.69 Å². The largest absolute Gasteiger partial charge is 0.492 e. The van der Waals surface area contributed by atoms with Gasteiger partial charge >= 0.3 is 12.1 Å². The molecule has 12 heteroatoms. The lowest BCUT2D eigenvalue weighted by Gasteiger charge is -2.28. The molecule has 2 N–H and O–H groups in total. The number of nitrogens with one attached hydrogen (secondary N) is 1. The summed E-state index contributed by atoms with van der Waals surface area (Å²) >= 11 is 0. The average Bonchev–Trinajstić information content (AvgIpc) is 3.46. The van der Waals surface area contributed by atoms with Crippen molar-refractivity contribution in [2.45, 2.75) is 18.5 Å². The van der Waals surface area contributed by atoms with Crippen LogP contribution in [0.2, 0.25) is 0 Å². The number of hydrogen-bond donors (Lipinski definition) is 2. The predicted molar refractivity (Wildman–Crippen MR) is 118 cm³/mol. The van der Waals surface area contributed by atoms with Gasteiger partial charge in [0, 0.05) is 29.8 Å². The zero-order valence-electron chi connectivity index (χ0n) is 18.9. The van der Waals surface area contributed by atoms with Gasteiger partial charge in [-0.05, 0) is 24.3 Å². The van der Waals surface area contributed by atoms with E-state index in [1.807, 2.05) is 0 Å². The summed E-state index contributed by atoms with van der Waals surface area (Å²) in [7, 11) is 2.79. The lowest BCUT2D eigenvalue weighted by Crippen LogP contribution is -2.26. The summed E-state index contributed by atoms with van der Waals surface area (Å²) < 4.78 is 63.7. The summed E-state index contributed by atoms with van der Waals surface area (Å²) in [4.78, 5) is 24.8. The summed E-state index contributed by atoms with van der Waals surface area (Å²) in [6, 6.07) is 6.08. The number of aromatic carboxylic acids is 1. The molecule has 0 saturated carbocycles. The van der Waals surface area contributed by atoms with Crippen LogP contribution >= 0.6 is 0 Å². The van der Waals surface area contributed by atoms with Crippen LogP contribution in [0.1, 0.15) is 39.5 Å². The number of carbonyl (C=O) groups excluding carboxylic acids is 1. The molecular formula is C24H19F3N2O7. The monoisotopic (exact) mass is 504 g/mol. The van der Waals surface area contributed by atoms with Crippen molar-refractivity contribution in [2.75, 3.05) is 26.3 Å². The zero-order chi connectivity index (χ0) is 25.8. The van der Waals surface area contributed by atoms with Gasteiger partial charge in [-0.1, -0.05) is 6.07 Å². The second-order valence-electron chi connectivity index (χ2n) is 8.10. The van der Waals surface area contributed by atoms with E-state index in [0.717, 1.165) is 12.1 Å². The maximum Gasteiger partial charge on any atom is 0.416 e. The van der Waals surface area contributed by atoms with E-state index in [0.29, 0.717) is 17.1 Å². The maximum absolute atomic E-state index is 13.4. The molecule has 1 aromatic heterocycles. The van der Waals surface area contributed by atoms with Crippen LogP contribution in [-0.2, 0) is 11.0 Å². The number of amides is 1. The highest BCUT2D eigenvalue weighted by Gasteiger charge is 2.39. The Balaban J connectivity index is 1.79. The van der Waals surface area contributed by atoms with Gasteiger partial charge in [0.2, 0.25) is 24.2 Å². The van der Waals surface area contributed by atoms with Gasteiger partial charge in [0.05, 0.1) is 31.2 Å². The highest BCUT2D eigenvalue weighted by molar-refractivity contribution is 6.04. The van der Waals surface area contributed by atoms with E-state index in [4.69, 9.17) is 18.9 Å². The molecule has 1 amide bonds. The van der Waals surface area contributed by atoms with Crippen LogP contribution in [0.4, 0.5) is 18.9 Å². The van der Waals surface area contributed by atoms with Crippen LogP contribution in [0.15, 0.2) is 36.5 Å². The number of fused-ring (bicyclic) bond motifs is 2. The van der Waals surface area contributed by atoms with Crippen LogP contribution in [0, 0.1) is 0 Å². The first kappa shape index (κ1) is 23.4. The first-order chi connectivity index (χ1) is 17.1. The minimum Gasteiger partial charge on any atom is -0.492 e. The number of nitrogens with zero attached hydrogens (tertiary/aromatic N) is 1. The second kappa shape index (κ2) is 8.40. The molecule has 0 spiro atoms. The first-order valence-corrected chi connectivity index (χ1v) is 10.6. The Morgan fingerprint density at radius 3 is 2.58 bits per heavy atom. The van der Waals surface area contributed by atoms with Gasteiger partial charge in [-0.15, -0.1) is 0 Å². The Morgan fingerprint density at radius 1 is 1.17 bits per heavy atom. The molecule has 0 fully saturated rings. The number of rotatable bonds is 5. The molecule has 9 nitrogen and oxygen atoms in total. The fourth-order valence-corrected chi connectivity index (χ4v) is 4.60. The van der Waals surface area contributed by atoms with Gasteiger partial charge in [0.25, 0.3) is 0 Å². The van der Waals surface area contributed by atoms with Crippen LogP contribution in [-0.4, -0.2) is 42.6 Å². The molecule has 0 aliphatic carbocycles. The number of ether oxygens (including phenoxy) is 4. The molecule has 0 unspecified atom stereocenters. The number of carbonyl (C=O) groups is 2. The summed E-state index contributed by atoms with van der Waals surface area (Å²) in [5.74, 6) is -1.59. The number of carboxylic acids is 1. The fraction of sp³-hybridized carbons (Fsp3) is 0.250. The van der Waals surface area contributed by atoms with Crippen molar-refractivity contribution < 1.29 is 46.8 Å². The Morgan fingerprint density at radius 2 is 1.92 bits per heavy atom. The van der Waals surface area contributed by atoms with Crippen LogP contribution < -0.4 is 24.3 Å². The average molecular weight is 504 g/mol. The topological polar surface area (TPSA) is 108 Å². The molecule has 3 aromatic rings. The lowest BCUT2D eigenvalue weighted by molar-refractivity contribution is -0.137. The van der Waals surface area contributed by atoms with Crippen molar-refractivity contribution in [1.29, 1.82) is 0 Å². The Hall–Kier alpha value is -4.35. The van der Waals surface area contributed by atoms with E-state index in [1.165, 1.54) is 37.1 Å². The number of aromatic nitrogens is 1. The number of benzene rings is 2. The summed E-state index contributed by atoms with van der Waals surface area (Å²) in [6.07, 6.45) is -3.56. The highest BCUT2D eigenvalue weighted by Crippen LogP contribution is 2.54. The van der Waals surface area contributed by atoms with Gasteiger partial charge in [0.1, 0.15) is 5.56 Å². The quantitative estimate of drug-likeness (QED) is 0.530. The predicted octanol–water partition coefficient (Wildman–Crippen LogP) is 4.41. The van der Waals surface area contributed by atoms with Crippen molar-refractivity contribution >= 4 is 17.6 Å². The molecule has 0 bridgehead atoms. The van der Waals surface area contributed by atoms with Gasteiger partial charge in [-0.2, -0.15) is 13.2 Å². The van der Waals surface area contributed by atoms with E-state index in [9.17, 15) is 27.9 Å². The number of hydrogen-bond acceptors (Lipinski definition) is 6. The fourth-order valence-electron chi connectivity index (χ4n) is 4.60. The number of halogens is 3. The van der Waals surface area contributed by atoms with E-state index in [1.54, 1.807) is 6.07 Å². The molecule has 1 atom stereocenters. The lowest BCUT2D eigenvalue weighted by atomic mass is 9.87. The molecule has 2 aliphatic heterocycles. The third-order valence-electron chi connectivity index (χ3n) is 6.10. The zero-order valence-corrected chi connectivity index (χ0v) is 18.9. The van der Waals surface area contributed by atoms with Crippen molar-refractivity contribution in [3.05, 3.63) is 58.9 Å². The number of anilines is 1. The minimum atomic E-state index is -4.61. The third kappa shape index (κ3) is 3.65. The van der Waals surface area contributed by atoms with Crippen molar-refractivity contribution in [1.82, 2.24) is 4.57 Å². The van der Waals surface area contributed by atoms with Crippen molar-refractivity contribution in [2.24, 2.45) is 0 Å². The normalized spacial score (nSPS) is 16.4. The van der Waals surface area contributed by atoms with Crippen LogP contribution in [0.5, 0.6) is 23.0 Å². The standard InChI is InChI=1S/C24H19F3N2O7/c1-33-20-14(7-16-21(22(20)34-2)36-10-35-16)13-8-17(30)28-18-15(23(31)32)9-29(19(13)18)12-5-3-4-11(6-12)24(25,26)27/h3-7,9,13H,8,10H2,1-2H3,(H,28,30)(H,31,32)/t13-/m1/s1. The highest BCUT2D eigenvalue weighted by atomic mass is 19.4. The maximum atomic E-state index is 13.4. The van der Waals surface area contributed by atoms with Crippen LogP contribution in [0.3, 0.4) is 0 Å². The van der Waals surface area contributed by atoms with E-state index in [2.05, 4.69) is 5.32 Å². The molecule has 2 aromatic carbocycles. The van der Waals surface area contributed by atoms with Crippen molar-refractivity contribution in [3.63, 3.8) is 0 Å². The van der Waals surface area contributed by atoms with Crippen molar-refractivity contribution in [3.8, 4) is 28.7 Å². The molecule has 0 radical (unpaired) electrons. The molecule has 2 aliphatic rings. The van der Waals surface area contributed by atoms with E-state index < -0.39 is 29.5 Å². The van der Waals surface area contributed by atoms with Gasteiger partial charge < -0.3 is 33.9 Å². The molecule has 5 rings (SSSR count). The van der Waals surface area contributed by atoms with E-state index >= 15 is 0 Å². The van der Waals surface area contributed by atoms with Gasteiger partial charge in [0.15, 0.2) is 11.5 Å². The van der Waals surface area contributed by atoms with Gasteiger partial charge in [-0.25, -0.2) is 4.79 Å². The molecular weight excluding hydrogens is 485 g/mol. The molecule has 3 heterocycles. The minimum absolute atomic E-state index is 0.0140. The Bertz CT molecular complexity index is 1400. The summed E-state index contributed by atoms with van der Waals surface area (Å²) in [5, 5.41) is 12.4. The molecule has 188 valence electrons. The molecule has 0 saturated heterocycles. The second-order valence-corrected chi connectivity index (χ2v) is 8.10.